The maximum absolute atomic E-state index is 12.3. The van der Waals surface area contributed by atoms with Gasteiger partial charge in [-0.15, -0.1) is 0 Å². The van der Waals surface area contributed by atoms with E-state index in [0.29, 0.717) is 19.0 Å². The number of hydrogen-bond acceptors (Lipinski definition) is 2. The van der Waals surface area contributed by atoms with Gasteiger partial charge in [0, 0.05) is 12.6 Å². The van der Waals surface area contributed by atoms with Crippen LogP contribution < -0.4 is 5.32 Å². The van der Waals surface area contributed by atoms with Gasteiger partial charge in [-0.1, -0.05) is 13.8 Å². The van der Waals surface area contributed by atoms with E-state index in [9.17, 15) is 13.2 Å². The standard InChI is InChI=1S/C11H21F3N2/c1-3-16(8-11(12,13)14)7-10-6-9(2)4-5-15-10/h9-10,15H,3-8H2,1-2H3. The zero-order valence-corrected chi connectivity index (χ0v) is 9.98. The van der Waals surface area contributed by atoms with Crippen molar-refractivity contribution in [1.29, 1.82) is 0 Å². The molecule has 2 unspecified atom stereocenters. The van der Waals surface area contributed by atoms with Crippen LogP contribution in [0.5, 0.6) is 0 Å². The van der Waals surface area contributed by atoms with E-state index in [1.165, 1.54) is 4.90 Å². The van der Waals surface area contributed by atoms with Crippen LogP contribution in [-0.2, 0) is 0 Å². The number of nitrogens with zero attached hydrogens (tertiary/aromatic N) is 1. The van der Waals surface area contributed by atoms with E-state index < -0.39 is 12.7 Å². The fraction of sp³-hybridized carbons (Fsp3) is 1.00. The third kappa shape index (κ3) is 5.16. The molecule has 1 fully saturated rings. The SMILES string of the molecule is CCN(CC1CC(C)CCN1)CC(F)(F)F. The van der Waals surface area contributed by atoms with Crippen LogP contribution in [0.2, 0.25) is 0 Å². The van der Waals surface area contributed by atoms with Crippen molar-refractivity contribution >= 4 is 0 Å². The van der Waals surface area contributed by atoms with Gasteiger partial charge in [0.15, 0.2) is 0 Å². The summed E-state index contributed by atoms with van der Waals surface area (Å²) in [5.41, 5.74) is 0. The Morgan fingerprint density at radius 2 is 2.06 bits per heavy atom. The maximum Gasteiger partial charge on any atom is 0.401 e. The molecule has 16 heavy (non-hydrogen) atoms. The smallest absolute Gasteiger partial charge is 0.313 e. The monoisotopic (exact) mass is 238 g/mol. The van der Waals surface area contributed by atoms with Gasteiger partial charge in [-0.25, -0.2) is 0 Å². The van der Waals surface area contributed by atoms with Crippen molar-refractivity contribution in [2.45, 2.75) is 38.9 Å². The van der Waals surface area contributed by atoms with Crippen LogP contribution in [0, 0.1) is 5.92 Å². The summed E-state index contributed by atoms with van der Waals surface area (Å²) >= 11 is 0. The number of rotatable bonds is 4. The molecule has 0 spiro atoms. The van der Waals surface area contributed by atoms with Gasteiger partial charge in [0.25, 0.3) is 0 Å². The Hall–Kier alpha value is -0.290. The molecule has 96 valence electrons. The zero-order chi connectivity index (χ0) is 12.2. The highest BCUT2D eigenvalue weighted by molar-refractivity contribution is 4.79. The van der Waals surface area contributed by atoms with E-state index in [0.717, 1.165) is 19.4 Å². The minimum Gasteiger partial charge on any atom is -0.313 e. The van der Waals surface area contributed by atoms with Crippen molar-refractivity contribution in [2.24, 2.45) is 5.92 Å². The first-order valence-corrected chi connectivity index (χ1v) is 5.93. The second-order valence-corrected chi connectivity index (χ2v) is 4.72. The fourth-order valence-corrected chi connectivity index (χ4v) is 2.23. The van der Waals surface area contributed by atoms with E-state index in [2.05, 4.69) is 12.2 Å². The third-order valence-corrected chi connectivity index (χ3v) is 3.09. The van der Waals surface area contributed by atoms with E-state index in [1.807, 2.05) is 0 Å². The lowest BCUT2D eigenvalue weighted by molar-refractivity contribution is -0.146. The molecule has 0 aromatic carbocycles. The van der Waals surface area contributed by atoms with Crippen molar-refractivity contribution in [2.75, 3.05) is 26.2 Å². The van der Waals surface area contributed by atoms with E-state index in [1.54, 1.807) is 6.92 Å². The van der Waals surface area contributed by atoms with Crippen molar-refractivity contribution in [1.82, 2.24) is 10.2 Å². The first kappa shape index (κ1) is 13.8. The Morgan fingerprint density at radius 3 is 2.56 bits per heavy atom. The number of piperidine rings is 1. The summed E-state index contributed by atoms with van der Waals surface area (Å²) in [6, 6.07) is 0.214. The van der Waals surface area contributed by atoms with Gasteiger partial charge in [0.2, 0.25) is 0 Å². The molecule has 5 heteroatoms. The van der Waals surface area contributed by atoms with E-state index in [-0.39, 0.29) is 6.04 Å². The summed E-state index contributed by atoms with van der Waals surface area (Å²) in [6.07, 6.45) is -1.98. The first-order valence-electron chi connectivity index (χ1n) is 5.93. The summed E-state index contributed by atoms with van der Waals surface area (Å²) in [4.78, 5) is 1.47. The number of nitrogens with one attached hydrogen (secondary N) is 1. The van der Waals surface area contributed by atoms with Gasteiger partial charge in [0.1, 0.15) is 0 Å². The summed E-state index contributed by atoms with van der Waals surface area (Å²) in [7, 11) is 0. The van der Waals surface area contributed by atoms with Crippen LogP contribution in [0.25, 0.3) is 0 Å². The Morgan fingerprint density at radius 1 is 1.38 bits per heavy atom. The molecule has 0 radical (unpaired) electrons. The minimum absolute atomic E-state index is 0.214. The second-order valence-electron chi connectivity index (χ2n) is 4.72. The molecular formula is C11H21F3N2. The molecule has 0 saturated carbocycles. The lowest BCUT2D eigenvalue weighted by atomic mass is 9.94. The Labute approximate surface area is 95.2 Å². The molecule has 1 heterocycles. The van der Waals surface area contributed by atoms with Crippen LogP contribution in [0.1, 0.15) is 26.7 Å². The molecule has 1 N–H and O–H groups in total. The lowest BCUT2D eigenvalue weighted by Gasteiger charge is -2.32. The Bertz CT molecular complexity index is 206. The molecular weight excluding hydrogens is 217 g/mol. The lowest BCUT2D eigenvalue weighted by Crippen LogP contribution is -2.47. The van der Waals surface area contributed by atoms with Crippen LogP contribution in [0.4, 0.5) is 13.2 Å². The summed E-state index contributed by atoms with van der Waals surface area (Å²) < 4.78 is 36.8. The number of likely N-dealkylation sites (N-methyl/N-ethyl adjacent to an activating group) is 1. The zero-order valence-electron chi connectivity index (χ0n) is 9.98. The van der Waals surface area contributed by atoms with Crippen LogP contribution in [-0.4, -0.2) is 43.3 Å². The molecule has 0 amide bonds. The largest absolute Gasteiger partial charge is 0.401 e. The quantitative estimate of drug-likeness (QED) is 0.808. The highest BCUT2D eigenvalue weighted by atomic mass is 19.4. The summed E-state index contributed by atoms with van der Waals surface area (Å²) in [5, 5.41) is 3.29. The molecule has 0 aliphatic carbocycles. The fourth-order valence-electron chi connectivity index (χ4n) is 2.23. The molecule has 2 nitrogen and oxygen atoms in total. The predicted molar refractivity (Wildman–Crippen MR) is 58.4 cm³/mol. The average Bonchev–Trinajstić information content (AvgIpc) is 2.14. The van der Waals surface area contributed by atoms with Crippen molar-refractivity contribution < 1.29 is 13.2 Å². The van der Waals surface area contributed by atoms with Crippen LogP contribution >= 0.6 is 0 Å². The van der Waals surface area contributed by atoms with Gasteiger partial charge in [-0.05, 0) is 31.8 Å². The molecule has 1 aliphatic heterocycles. The summed E-state index contributed by atoms with van der Waals surface area (Å²) in [5.74, 6) is 0.621. The second kappa shape index (κ2) is 5.87. The molecule has 1 aliphatic rings. The molecule has 1 saturated heterocycles. The molecule has 0 aromatic rings. The van der Waals surface area contributed by atoms with Gasteiger partial charge in [-0.2, -0.15) is 13.2 Å². The first-order chi connectivity index (χ1) is 7.40. The van der Waals surface area contributed by atoms with E-state index in [4.69, 9.17) is 0 Å². The molecule has 2 atom stereocenters. The minimum atomic E-state index is -4.09. The molecule has 1 rings (SSSR count). The number of alkyl halides is 3. The van der Waals surface area contributed by atoms with E-state index >= 15 is 0 Å². The molecule has 0 bridgehead atoms. The molecule has 0 aromatic heterocycles. The Kier molecular flexibility index (Phi) is 5.05. The van der Waals surface area contributed by atoms with Crippen molar-refractivity contribution in [3.8, 4) is 0 Å². The van der Waals surface area contributed by atoms with Gasteiger partial charge >= 0.3 is 6.18 Å². The highest BCUT2D eigenvalue weighted by Gasteiger charge is 2.31. The predicted octanol–water partition coefficient (Wildman–Crippen LogP) is 2.26. The van der Waals surface area contributed by atoms with Crippen LogP contribution in [0.15, 0.2) is 0 Å². The number of halogens is 3. The van der Waals surface area contributed by atoms with Crippen molar-refractivity contribution in [3.05, 3.63) is 0 Å². The normalized spacial score (nSPS) is 27.4. The van der Waals surface area contributed by atoms with Gasteiger partial charge in [0.05, 0.1) is 6.54 Å². The maximum atomic E-state index is 12.3. The van der Waals surface area contributed by atoms with Gasteiger partial charge in [-0.3, -0.25) is 4.90 Å². The highest BCUT2D eigenvalue weighted by Crippen LogP contribution is 2.19. The van der Waals surface area contributed by atoms with Crippen molar-refractivity contribution in [3.63, 3.8) is 0 Å². The topological polar surface area (TPSA) is 15.3 Å². The Balaban J connectivity index is 2.37. The average molecular weight is 238 g/mol. The van der Waals surface area contributed by atoms with Gasteiger partial charge < -0.3 is 5.32 Å². The third-order valence-electron chi connectivity index (χ3n) is 3.09. The summed E-state index contributed by atoms with van der Waals surface area (Å²) in [6.45, 7) is 5.02. The number of hydrogen-bond donors (Lipinski definition) is 1. The van der Waals surface area contributed by atoms with Crippen LogP contribution in [0.3, 0.4) is 0 Å².